The van der Waals surface area contributed by atoms with Gasteiger partial charge < -0.3 is 34.6 Å². The lowest BCUT2D eigenvalue weighted by molar-refractivity contribution is -0.167. The van der Waals surface area contributed by atoms with Crippen LogP contribution in [0.2, 0.25) is 10.0 Å². The fourth-order valence-corrected chi connectivity index (χ4v) is 6.24. The molecule has 0 aromatic heterocycles. The molecule has 0 spiro atoms. The van der Waals surface area contributed by atoms with Crippen LogP contribution in [0, 0.1) is 11.6 Å². The Balaban J connectivity index is 1.39. The van der Waals surface area contributed by atoms with Crippen molar-refractivity contribution in [1.29, 1.82) is 0 Å². The summed E-state index contributed by atoms with van der Waals surface area (Å²) in [5.74, 6) is -2.81. The van der Waals surface area contributed by atoms with Gasteiger partial charge in [0.1, 0.15) is 29.2 Å². The Bertz CT molecular complexity index is 1490. The second-order valence-corrected chi connectivity index (χ2v) is 13.3. The van der Waals surface area contributed by atoms with Gasteiger partial charge in [-0.05, 0) is 62.8 Å². The molecule has 0 saturated heterocycles. The van der Waals surface area contributed by atoms with E-state index in [4.69, 9.17) is 47.2 Å². The lowest BCUT2D eigenvalue weighted by atomic mass is 9.59. The number of nitrogens with one attached hydrogen (secondary N) is 2. The van der Waals surface area contributed by atoms with Crippen LogP contribution in [-0.4, -0.2) is 64.6 Å². The number of phosphoric acid groups is 1. The molecule has 3 fully saturated rings. The van der Waals surface area contributed by atoms with E-state index in [0.717, 1.165) is 12.1 Å². The first-order valence-corrected chi connectivity index (χ1v) is 16.6. The Morgan fingerprint density at radius 1 is 0.870 bits per heavy atom. The summed E-state index contributed by atoms with van der Waals surface area (Å²) in [6.07, 6.45) is 1.20. The predicted molar refractivity (Wildman–Crippen MR) is 160 cm³/mol. The molecule has 3 aliphatic carbocycles. The zero-order valence-corrected chi connectivity index (χ0v) is 26.8. The maximum absolute atomic E-state index is 13.8. The average molecular weight is 709 g/mol. The molecule has 252 valence electrons. The monoisotopic (exact) mass is 708 g/mol. The molecule has 17 heteroatoms. The van der Waals surface area contributed by atoms with Gasteiger partial charge in [0.05, 0.1) is 22.2 Å². The molecule has 1 atom stereocenters. The number of unbranched alkanes of at least 4 members (excludes halogenated alkanes) is 1. The van der Waals surface area contributed by atoms with Crippen molar-refractivity contribution >= 4 is 48.8 Å². The van der Waals surface area contributed by atoms with Crippen molar-refractivity contribution in [3.05, 3.63) is 58.1 Å². The standard InChI is InChI=1S/C29H33Cl2F2N2O10P/c30-20-6-4-18(13-22(20)32)42-16-25(36)34-28-8-10-29(11-9-28,35-26(37)17-43-19-5-7-21(31)23(33)14-19)24(15-28)45-27(38)3-1-2-12-44-46(39,40)41/h4-7,13-14,24H,1-3,8-12,15-17H2,(H,34,36)(H,35,37)(H2,39,40,41)/t24-,28?,29?/m1/s1. The fourth-order valence-electron chi connectivity index (χ4n) is 5.64. The minimum Gasteiger partial charge on any atom is -0.484 e. The van der Waals surface area contributed by atoms with E-state index < -0.39 is 67.6 Å². The predicted octanol–water partition coefficient (Wildman–Crippen LogP) is 4.61. The third-order valence-electron chi connectivity index (χ3n) is 7.92. The van der Waals surface area contributed by atoms with Crippen molar-refractivity contribution in [1.82, 2.24) is 10.6 Å². The second kappa shape index (κ2) is 15.3. The number of benzene rings is 2. The number of halogens is 4. The van der Waals surface area contributed by atoms with Gasteiger partial charge in [0.25, 0.3) is 11.8 Å². The molecule has 0 radical (unpaired) electrons. The van der Waals surface area contributed by atoms with E-state index in [1.54, 1.807) is 0 Å². The van der Waals surface area contributed by atoms with Gasteiger partial charge in [-0.3, -0.25) is 18.9 Å². The van der Waals surface area contributed by atoms with Crippen LogP contribution in [-0.2, 0) is 28.2 Å². The van der Waals surface area contributed by atoms with E-state index in [-0.39, 0.29) is 53.8 Å². The Hall–Kier alpha value is -3.00. The lowest BCUT2D eigenvalue weighted by Gasteiger charge is -2.57. The Morgan fingerprint density at radius 2 is 1.41 bits per heavy atom. The van der Waals surface area contributed by atoms with Crippen molar-refractivity contribution in [2.45, 2.75) is 68.5 Å². The summed E-state index contributed by atoms with van der Waals surface area (Å²) >= 11 is 11.4. The highest BCUT2D eigenvalue weighted by atomic mass is 35.5. The Labute approximate surface area is 273 Å². The number of hydrogen-bond acceptors (Lipinski definition) is 8. The number of carbonyl (C=O) groups is 3. The molecule has 2 aromatic carbocycles. The van der Waals surface area contributed by atoms with Crippen molar-refractivity contribution in [3.63, 3.8) is 0 Å². The maximum atomic E-state index is 13.8. The summed E-state index contributed by atoms with van der Waals surface area (Å²) in [6.45, 7) is -1.11. The van der Waals surface area contributed by atoms with Crippen molar-refractivity contribution < 1.29 is 56.3 Å². The third kappa shape index (κ3) is 10.00. The number of ether oxygens (including phenoxy) is 3. The van der Waals surface area contributed by atoms with Crippen LogP contribution in [0.25, 0.3) is 0 Å². The first-order valence-electron chi connectivity index (χ1n) is 14.3. The van der Waals surface area contributed by atoms with E-state index in [9.17, 15) is 27.7 Å². The van der Waals surface area contributed by atoms with Crippen LogP contribution in [0.5, 0.6) is 11.5 Å². The van der Waals surface area contributed by atoms with Crippen molar-refractivity contribution in [2.24, 2.45) is 0 Å². The Kier molecular flexibility index (Phi) is 11.9. The molecular weight excluding hydrogens is 676 g/mol. The lowest BCUT2D eigenvalue weighted by Crippen LogP contribution is -2.71. The molecule has 3 aliphatic rings. The number of rotatable bonds is 15. The number of carbonyl (C=O) groups excluding carboxylic acids is 3. The van der Waals surface area contributed by atoms with Gasteiger partial charge in [0.2, 0.25) is 0 Å². The highest BCUT2D eigenvalue weighted by Gasteiger charge is 2.57. The van der Waals surface area contributed by atoms with Crippen LogP contribution in [0.15, 0.2) is 36.4 Å². The fraction of sp³-hybridized carbons (Fsp3) is 0.483. The number of phosphoric ester groups is 1. The minimum absolute atomic E-state index is 0.0822. The number of esters is 1. The molecule has 0 heterocycles. The van der Waals surface area contributed by atoms with Crippen LogP contribution >= 0.6 is 31.0 Å². The average Bonchev–Trinajstić information content (AvgIpc) is 2.98. The van der Waals surface area contributed by atoms with E-state index in [0.29, 0.717) is 25.7 Å². The van der Waals surface area contributed by atoms with Crippen molar-refractivity contribution in [2.75, 3.05) is 19.8 Å². The summed E-state index contributed by atoms with van der Waals surface area (Å²) in [5.41, 5.74) is -1.76. The third-order valence-corrected chi connectivity index (χ3v) is 9.05. The van der Waals surface area contributed by atoms with Gasteiger partial charge in [0, 0.05) is 30.5 Å². The molecule has 12 nitrogen and oxygen atoms in total. The Morgan fingerprint density at radius 3 is 1.93 bits per heavy atom. The topological polar surface area (TPSA) is 170 Å². The van der Waals surface area contributed by atoms with E-state index in [2.05, 4.69) is 15.2 Å². The second-order valence-electron chi connectivity index (χ2n) is 11.2. The van der Waals surface area contributed by atoms with E-state index in [1.165, 1.54) is 24.3 Å². The molecule has 3 saturated carbocycles. The summed E-state index contributed by atoms with van der Waals surface area (Å²) < 4.78 is 59.5. The summed E-state index contributed by atoms with van der Waals surface area (Å²) in [5, 5.41) is 5.73. The molecular formula is C29H33Cl2F2N2O10P. The van der Waals surface area contributed by atoms with Crippen LogP contribution in [0.3, 0.4) is 0 Å². The number of amides is 2. The normalized spacial score (nSPS) is 22.2. The zero-order valence-electron chi connectivity index (χ0n) is 24.4. The van der Waals surface area contributed by atoms with E-state index in [1.807, 2.05) is 0 Å². The quantitative estimate of drug-likeness (QED) is 0.116. The smallest absolute Gasteiger partial charge is 0.469 e. The van der Waals surface area contributed by atoms with Gasteiger partial charge in [-0.15, -0.1) is 0 Å². The first-order chi connectivity index (χ1) is 21.7. The minimum atomic E-state index is -4.62. The molecule has 2 amide bonds. The largest absolute Gasteiger partial charge is 0.484 e. The maximum Gasteiger partial charge on any atom is 0.469 e. The summed E-state index contributed by atoms with van der Waals surface area (Å²) in [6, 6.07) is 7.56. The van der Waals surface area contributed by atoms with Crippen LogP contribution in [0.4, 0.5) is 8.78 Å². The van der Waals surface area contributed by atoms with Crippen LogP contribution in [0.1, 0.15) is 51.4 Å². The molecule has 46 heavy (non-hydrogen) atoms. The molecule has 0 aliphatic heterocycles. The first kappa shape index (κ1) is 35.8. The molecule has 0 unspecified atom stereocenters. The van der Waals surface area contributed by atoms with Gasteiger partial charge in [-0.1, -0.05) is 23.2 Å². The number of fused-ring (bicyclic) bond motifs is 3. The molecule has 2 bridgehead atoms. The zero-order chi connectivity index (χ0) is 33.5. The van der Waals surface area contributed by atoms with E-state index >= 15 is 0 Å². The number of hydrogen-bond donors (Lipinski definition) is 4. The molecule has 5 rings (SSSR count). The summed E-state index contributed by atoms with van der Waals surface area (Å²) in [4.78, 5) is 56.3. The van der Waals surface area contributed by atoms with Crippen molar-refractivity contribution in [3.8, 4) is 11.5 Å². The van der Waals surface area contributed by atoms with Gasteiger partial charge in [0.15, 0.2) is 13.2 Å². The SMILES string of the molecule is O=C(COc1ccc(Cl)c(F)c1)NC12CCC(NC(=O)COc3ccc(Cl)c(F)c3)(CC1)[C@H](OC(=O)CCCCOP(=O)(O)O)C2. The summed E-state index contributed by atoms with van der Waals surface area (Å²) in [7, 11) is -4.62. The molecule has 4 N–H and O–H groups in total. The van der Waals surface area contributed by atoms with Gasteiger partial charge in [-0.2, -0.15) is 0 Å². The van der Waals surface area contributed by atoms with Gasteiger partial charge in [-0.25, -0.2) is 13.3 Å². The molecule has 2 aromatic rings. The highest BCUT2D eigenvalue weighted by molar-refractivity contribution is 7.46. The van der Waals surface area contributed by atoms with Gasteiger partial charge >= 0.3 is 13.8 Å². The highest BCUT2D eigenvalue weighted by Crippen LogP contribution is 2.48. The van der Waals surface area contributed by atoms with Crippen LogP contribution < -0.4 is 20.1 Å².